The Morgan fingerprint density at radius 3 is 2.10 bits per heavy atom. The summed E-state index contributed by atoms with van der Waals surface area (Å²) in [7, 11) is 1.18. The van der Waals surface area contributed by atoms with Crippen LogP contribution in [0, 0.1) is 0 Å². The summed E-state index contributed by atoms with van der Waals surface area (Å²) in [5.41, 5.74) is 0. The van der Waals surface area contributed by atoms with Crippen molar-refractivity contribution in [3.8, 4) is 0 Å². The van der Waals surface area contributed by atoms with E-state index in [1.54, 1.807) is 0 Å². The van der Waals surface area contributed by atoms with E-state index < -0.39 is 10.6 Å². The highest BCUT2D eigenvalue weighted by molar-refractivity contribution is 6.51. The van der Waals surface area contributed by atoms with Crippen LogP contribution in [0.1, 0.15) is 0 Å². The average molecular weight is 205 g/mol. The fraction of sp³-hybridized carbons (Fsp3) is 0.750. The summed E-state index contributed by atoms with van der Waals surface area (Å²) in [6.45, 7) is 0. The molecule has 0 aromatic carbocycles. The molecule has 0 aromatic heterocycles. The van der Waals surface area contributed by atoms with Crippen molar-refractivity contribution in [3.05, 3.63) is 0 Å². The minimum Gasteiger partial charge on any atom is -0.275 e. The molecule has 0 aliphatic carbocycles. The van der Waals surface area contributed by atoms with Crippen LogP contribution in [0.15, 0.2) is 0 Å². The molecule has 0 aromatic rings. The quantitative estimate of drug-likeness (QED) is 0.501. The minimum absolute atomic E-state index is 0.208. The van der Waals surface area contributed by atoms with E-state index in [4.69, 9.17) is 34.8 Å². The molecule has 0 saturated carbocycles. The molecule has 0 unspecified atom stereocenters. The molecular formula is C4H5Cl3NO2. The number of halogens is 3. The van der Waals surface area contributed by atoms with E-state index in [9.17, 15) is 9.90 Å². The molecular weight excluding hydrogens is 200 g/mol. The molecule has 0 rings (SSSR count). The lowest BCUT2D eigenvalue weighted by Crippen LogP contribution is -2.41. The first-order valence-electron chi connectivity index (χ1n) is 2.30. The highest BCUT2D eigenvalue weighted by atomic mass is 35.5. The predicted molar refractivity (Wildman–Crippen MR) is 39.0 cm³/mol. The van der Waals surface area contributed by atoms with Crippen molar-refractivity contribution >= 4 is 40.9 Å². The Bertz CT molecular complexity index is 138. The van der Waals surface area contributed by atoms with Crippen molar-refractivity contribution in [2.45, 2.75) is 4.46 Å². The van der Waals surface area contributed by atoms with E-state index in [2.05, 4.69) is 0 Å². The fourth-order valence-electron chi connectivity index (χ4n) is 0.223. The number of amides is 1. The van der Waals surface area contributed by atoms with Crippen molar-refractivity contribution in [2.24, 2.45) is 0 Å². The van der Waals surface area contributed by atoms with E-state index in [0.29, 0.717) is 4.90 Å². The Morgan fingerprint density at radius 2 is 2.00 bits per heavy atom. The summed E-state index contributed by atoms with van der Waals surface area (Å²) >= 11 is 16.0. The molecule has 0 fully saturated rings. The summed E-state index contributed by atoms with van der Waals surface area (Å²) in [6.07, 6.45) is -1.47. The Labute approximate surface area is 73.5 Å². The molecule has 0 N–H and O–H groups in total. The highest BCUT2D eigenvalue weighted by Gasteiger charge is 2.32. The van der Waals surface area contributed by atoms with Gasteiger partial charge in [0.15, 0.2) is 0 Å². The van der Waals surface area contributed by atoms with E-state index in [1.165, 1.54) is 7.05 Å². The van der Waals surface area contributed by atoms with Gasteiger partial charge < -0.3 is 0 Å². The van der Waals surface area contributed by atoms with Crippen LogP contribution in [-0.4, -0.2) is 28.4 Å². The molecule has 1 radical (unpaired) electrons. The molecule has 0 saturated heterocycles. The van der Waals surface area contributed by atoms with Crippen LogP contribution in [0.2, 0.25) is 0 Å². The van der Waals surface area contributed by atoms with Gasteiger partial charge in [-0.05, 0) is 0 Å². The Morgan fingerprint density at radius 1 is 1.60 bits per heavy atom. The first-order chi connectivity index (χ1) is 4.41. The smallest absolute Gasteiger partial charge is 0.275 e. The number of hydrogen-bond acceptors (Lipinski definition) is 1. The third kappa shape index (κ3) is 2.40. The van der Waals surface area contributed by atoms with E-state index in [-0.39, 0.29) is 5.88 Å². The predicted octanol–water partition coefficient (Wildman–Crippen LogP) is 1.84. The van der Waals surface area contributed by atoms with E-state index >= 15 is 0 Å². The molecule has 6 heteroatoms. The van der Waals surface area contributed by atoms with Crippen LogP contribution in [0.5, 0.6) is 0 Å². The van der Waals surface area contributed by atoms with Gasteiger partial charge in [-0.15, -0.1) is 11.6 Å². The lowest BCUT2D eigenvalue weighted by Gasteiger charge is -2.24. The maximum atomic E-state index is 10.1. The first-order valence-corrected chi connectivity index (χ1v) is 3.59. The maximum absolute atomic E-state index is 10.1. The van der Waals surface area contributed by atoms with Crippen molar-refractivity contribution in [3.63, 3.8) is 0 Å². The number of carbonyl (C=O) groups is 1. The van der Waals surface area contributed by atoms with Crippen LogP contribution in [0.25, 0.3) is 0 Å². The molecule has 0 aliphatic heterocycles. The Kier molecular flexibility index (Phi) is 3.56. The van der Waals surface area contributed by atoms with Gasteiger partial charge in [-0.2, -0.15) is 0 Å². The monoisotopic (exact) mass is 204 g/mol. The zero-order chi connectivity index (χ0) is 8.36. The van der Waals surface area contributed by atoms with Crippen LogP contribution in [-0.2, 0) is 5.11 Å². The summed E-state index contributed by atoms with van der Waals surface area (Å²) in [5, 5.41) is 10.1. The molecule has 10 heavy (non-hydrogen) atoms. The molecule has 0 aliphatic rings. The number of alkyl halides is 3. The van der Waals surface area contributed by atoms with E-state index in [1.807, 2.05) is 0 Å². The lowest BCUT2D eigenvalue weighted by atomic mass is 10.6. The zero-order valence-electron chi connectivity index (χ0n) is 5.10. The maximum Gasteiger partial charge on any atom is 0.455 e. The molecule has 3 nitrogen and oxygen atoms in total. The van der Waals surface area contributed by atoms with Gasteiger partial charge in [-0.1, -0.05) is 23.2 Å². The van der Waals surface area contributed by atoms with Crippen molar-refractivity contribution in [2.75, 3.05) is 12.9 Å². The third-order valence-corrected chi connectivity index (χ3v) is 2.36. The van der Waals surface area contributed by atoms with Gasteiger partial charge in [-0.3, -0.25) is 4.90 Å². The van der Waals surface area contributed by atoms with Crippen molar-refractivity contribution < 1.29 is 9.90 Å². The number of hydrogen-bond donors (Lipinski definition) is 0. The first kappa shape index (κ1) is 10.1. The standard InChI is InChI=1S/C4H5Cl3NO2/c1-8(3(9)10)4(6,7)2-5/h2H2,1H3. The lowest BCUT2D eigenvalue weighted by molar-refractivity contribution is 0.122. The largest absolute Gasteiger partial charge is 0.455 e. The second-order valence-electron chi connectivity index (χ2n) is 1.62. The van der Waals surface area contributed by atoms with E-state index in [0.717, 1.165) is 0 Å². The van der Waals surface area contributed by atoms with Gasteiger partial charge in [0.05, 0.1) is 5.88 Å². The minimum atomic E-state index is -1.60. The van der Waals surface area contributed by atoms with Crippen LogP contribution >= 0.6 is 34.8 Å². The van der Waals surface area contributed by atoms with Gasteiger partial charge in [0.1, 0.15) is 0 Å². The van der Waals surface area contributed by atoms with Gasteiger partial charge >= 0.3 is 6.09 Å². The van der Waals surface area contributed by atoms with Crippen molar-refractivity contribution in [1.29, 1.82) is 0 Å². The van der Waals surface area contributed by atoms with Gasteiger partial charge in [0.25, 0.3) is 0 Å². The summed E-state index contributed by atoms with van der Waals surface area (Å²) in [4.78, 5) is 10.7. The number of rotatable bonds is 2. The molecule has 59 valence electrons. The average Bonchev–Trinajstić information content (AvgIpc) is 1.86. The molecule has 0 bridgehead atoms. The van der Waals surface area contributed by atoms with Crippen LogP contribution in [0.3, 0.4) is 0 Å². The van der Waals surface area contributed by atoms with Crippen molar-refractivity contribution in [1.82, 2.24) is 4.90 Å². The summed E-state index contributed by atoms with van der Waals surface area (Å²) < 4.78 is -1.60. The topological polar surface area (TPSA) is 40.2 Å². The summed E-state index contributed by atoms with van der Waals surface area (Å²) in [5.74, 6) is -0.208. The Hall–Kier alpha value is 0.140. The fourth-order valence-corrected chi connectivity index (χ4v) is 0.540. The molecule has 1 amide bonds. The van der Waals surface area contributed by atoms with Gasteiger partial charge in [-0.25, -0.2) is 9.90 Å². The molecule has 0 atom stereocenters. The normalized spacial score (nSPS) is 11.2. The number of nitrogens with zero attached hydrogens (tertiary/aromatic N) is 1. The SMILES string of the molecule is CN(C([O])=O)C(Cl)(Cl)CCl. The second kappa shape index (κ2) is 3.51. The summed E-state index contributed by atoms with van der Waals surface area (Å²) in [6, 6.07) is 0. The third-order valence-electron chi connectivity index (χ3n) is 0.925. The van der Waals surface area contributed by atoms with Gasteiger partial charge in [0.2, 0.25) is 4.46 Å². The Balaban J connectivity index is 4.17. The second-order valence-corrected chi connectivity index (χ2v) is 3.34. The van der Waals surface area contributed by atoms with Crippen LogP contribution in [0.4, 0.5) is 4.79 Å². The molecule has 0 heterocycles. The number of carbonyl (C=O) groups excluding carboxylic acids is 1. The van der Waals surface area contributed by atoms with Crippen LogP contribution < -0.4 is 0 Å². The zero-order valence-corrected chi connectivity index (χ0v) is 7.37. The highest BCUT2D eigenvalue weighted by Crippen LogP contribution is 2.25. The molecule has 0 spiro atoms. The van der Waals surface area contributed by atoms with Gasteiger partial charge in [0, 0.05) is 7.05 Å².